The zero-order chi connectivity index (χ0) is 13.4. The van der Waals surface area contributed by atoms with Crippen molar-refractivity contribution >= 4 is 11.0 Å². The van der Waals surface area contributed by atoms with Crippen LogP contribution in [0.5, 0.6) is 0 Å². The number of benzene rings is 2. The third-order valence-electron chi connectivity index (χ3n) is 3.33. The molecule has 0 amide bonds. The molecule has 2 aromatic carbocycles. The van der Waals surface area contributed by atoms with Gasteiger partial charge in [-0.25, -0.2) is 4.98 Å². The van der Waals surface area contributed by atoms with Crippen LogP contribution in [0.15, 0.2) is 48.5 Å². The Morgan fingerprint density at radius 1 is 1.05 bits per heavy atom. The van der Waals surface area contributed by atoms with Gasteiger partial charge in [0.25, 0.3) is 0 Å². The van der Waals surface area contributed by atoms with Crippen LogP contribution >= 0.6 is 0 Å². The molecule has 1 aromatic heterocycles. The second kappa shape index (κ2) is 4.52. The lowest BCUT2D eigenvalue weighted by molar-refractivity contribution is 0.727. The van der Waals surface area contributed by atoms with Gasteiger partial charge >= 0.3 is 0 Å². The first-order chi connectivity index (χ1) is 9.18. The van der Waals surface area contributed by atoms with Gasteiger partial charge in [-0.15, -0.1) is 0 Å². The van der Waals surface area contributed by atoms with Crippen LogP contribution in [-0.2, 0) is 0 Å². The van der Waals surface area contributed by atoms with Crippen LogP contribution in [0, 0.1) is 6.92 Å². The van der Waals surface area contributed by atoms with E-state index in [0.29, 0.717) is 0 Å². The second-order valence-corrected chi connectivity index (χ2v) is 4.87. The number of aryl methyl sites for hydroxylation is 1. The molecule has 0 aliphatic rings. The van der Waals surface area contributed by atoms with Crippen LogP contribution < -0.4 is 5.73 Å². The number of para-hydroxylation sites is 2. The number of rotatable bonds is 2. The third-order valence-corrected chi connectivity index (χ3v) is 3.33. The van der Waals surface area contributed by atoms with E-state index in [4.69, 9.17) is 10.7 Å². The van der Waals surface area contributed by atoms with Crippen LogP contribution in [0.1, 0.15) is 24.4 Å². The average Bonchev–Trinajstić information content (AvgIpc) is 2.81. The minimum atomic E-state index is -0.105. The molecule has 0 bridgehead atoms. The monoisotopic (exact) mass is 251 g/mol. The van der Waals surface area contributed by atoms with E-state index < -0.39 is 0 Å². The van der Waals surface area contributed by atoms with E-state index >= 15 is 0 Å². The largest absolute Gasteiger partial charge is 0.322 e. The Morgan fingerprint density at radius 2 is 1.79 bits per heavy atom. The maximum Gasteiger partial charge on any atom is 0.131 e. The maximum atomic E-state index is 6.08. The van der Waals surface area contributed by atoms with E-state index in [-0.39, 0.29) is 6.04 Å². The van der Waals surface area contributed by atoms with Crippen molar-refractivity contribution in [3.63, 3.8) is 0 Å². The quantitative estimate of drug-likeness (QED) is 0.759. The van der Waals surface area contributed by atoms with Gasteiger partial charge in [-0.05, 0) is 37.6 Å². The summed E-state index contributed by atoms with van der Waals surface area (Å²) in [4.78, 5) is 4.73. The smallest absolute Gasteiger partial charge is 0.131 e. The highest BCUT2D eigenvalue weighted by atomic mass is 15.1. The average molecular weight is 251 g/mol. The first kappa shape index (κ1) is 11.9. The number of imidazole rings is 1. The summed E-state index contributed by atoms with van der Waals surface area (Å²) in [7, 11) is 0. The molecule has 1 heterocycles. The Hall–Kier alpha value is -2.13. The van der Waals surface area contributed by atoms with Gasteiger partial charge in [-0.2, -0.15) is 0 Å². The summed E-state index contributed by atoms with van der Waals surface area (Å²) in [5.74, 6) is 0.899. The number of fused-ring (bicyclic) bond motifs is 1. The van der Waals surface area contributed by atoms with Crippen molar-refractivity contribution in [2.45, 2.75) is 19.9 Å². The molecule has 0 spiro atoms. The zero-order valence-corrected chi connectivity index (χ0v) is 11.2. The van der Waals surface area contributed by atoms with Gasteiger partial charge in [0, 0.05) is 5.69 Å². The standard InChI is InChI=1S/C16H17N3/c1-11-7-6-10-14-15(11)18-16(12(2)17)19(14)13-8-4-3-5-9-13/h3-10,12H,17H2,1-2H3/t12-/m0/s1. The lowest BCUT2D eigenvalue weighted by Gasteiger charge is -2.11. The Bertz CT molecular complexity index is 711. The summed E-state index contributed by atoms with van der Waals surface area (Å²) in [6, 6.07) is 16.4. The fraction of sp³-hybridized carbons (Fsp3) is 0.188. The van der Waals surface area contributed by atoms with E-state index in [1.165, 1.54) is 5.56 Å². The van der Waals surface area contributed by atoms with E-state index in [1.54, 1.807) is 0 Å². The van der Waals surface area contributed by atoms with Gasteiger partial charge in [0.2, 0.25) is 0 Å². The summed E-state index contributed by atoms with van der Waals surface area (Å²) in [5.41, 5.74) is 10.5. The SMILES string of the molecule is Cc1cccc2c1nc([C@H](C)N)n2-c1ccccc1. The highest BCUT2D eigenvalue weighted by molar-refractivity contribution is 5.81. The van der Waals surface area contributed by atoms with E-state index in [0.717, 1.165) is 22.5 Å². The molecule has 3 aromatic rings. The molecule has 0 saturated carbocycles. The molecule has 96 valence electrons. The Morgan fingerprint density at radius 3 is 2.47 bits per heavy atom. The van der Waals surface area contributed by atoms with Crippen LogP contribution in [0.4, 0.5) is 0 Å². The molecule has 0 unspecified atom stereocenters. The van der Waals surface area contributed by atoms with Crippen molar-refractivity contribution in [1.82, 2.24) is 9.55 Å². The second-order valence-electron chi connectivity index (χ2n) is 4.87. The molecular formula is C16H17N3. The van der Waals surface area contributed by atoms with Crippen molar-refractivity contribution in [3.05, 3.63) is 59.9 Å². The van der Waals surface area contributed by atoms with Gasteiger partial charge in [0.1, 0.15) is 5.82 Å². The van der Waals surface area contributed by atoms with Gasteiger partial charge in [-0.1, -0.05) is 30.3 Å². The molecule has 3 rings (SSSR count). The van der Waals surface area contributed by atoms with Crippen LogP contribution in [-0.4, -0.2) is 9.55 Å². The summed E-state index contributed by atoms with van der Waals surface area (Å²) in [6.45, 7) is 4.05. The minimum Gasteiger partial charge on any atom is -0.322 e. The van der Waals surface area contributed by atoms with Gasteiger partial charge in [0.05, 0.1) is 17.1 Å². The zero-order valence-electron chi connectivity index (χ0n) is 11.2. The number of aromatic nitrogens is 2. The fourth-order valence-corrected chi connectivity index (χ4v) is 2.41. The molecule has 0 aliphatic heterocycles. The van der Waals surface area contributed by atoms with Crippen molar-refractivity contribution in [2.24, 2.45) is 5.73 Å². The van der Waals surface area contributed by atoms with Crippen molar-refractivity contribution in [3.8, 4) is 5.69 Å². The predicted octanol–water partition coefficient (Wildman–Crippen LogP) is 3.35. The molecule has 0 radical (unpaired) electrons. The number of hydrogen-bond donors (Lipinski definition) is 1. The molecular weight excluding hydrogens is 234 g/mol. The summed E-state index contributed by atoms with van der Waals surface area (Å²) >= 11 is 0. The third kappa shape index (κ3) is 1.92. The number of nitrogens with zero attached hydrogens (tertiary/aromatic N) is 2. The first-order valence-electron chi connectivity index (χ1n) is 6.47. The molecule has 0 saturated heterocycles. The van der Waals surface area contributed by atoms with Crippen LogP contribution in [0.25, 0.3) is 16.7 Å². The maximum absolute atomic E-state index is 6.08. The van der Waals surface area contributed by atoms with Crippen LogP contribution in [0.3, 0.4) is 0 Å². The molecule has 3 heteroatoms. The van der Waals surface area contributed by atoms with E-state index in [1.807, 2.05) is 25.1 Å². The molecule has 2 N–H and O–H groups in total. The first-order valence-corrected chi connectivity index (χ1v) is 6.47. The summed E-state index contributed by atoms with van der Waals surface area (Å²) in [5, 5.41) is 0. The van der Waals surface area contributed by atoms with Gasteiger partial charge in [-0.3, -0.25) is 4.57 Å². The molecule has 3 nitrogen and oxygen atoms in total. The van der Waals surface area contributed by atoms with Crippen LogP contribution in [0.2, 0.25) is 0 Å². The van der Waals surface area contributed by atoms with Crippen molar-refractivity contribution in [1.29, 1.82) is 0 Å². The van der Waals surface area contributed by atoms with E-state index in [2.05, 4.69) is 41.8 Å². The Labute approximate surface area is 112 Å². The predicted molar refractivity (Wildman–Crippen MR) is 78.4 cm³/mol. The lowest BCUT2D eigenvalue weighted by atomic mass is 10.2. The minimum absolute atomic E-state index is 0.105. The normalized spacial score (nSPS) is 12.8. The van der Waals surface area contributed by atoms with Gasteiger partial charge < -0.3 is 5.73 Å². The van der Waals surface area contributed by atoms with Crippen molar-refractivity contribution in [2.75, 3.05) is 0 Å². The molecule has 19 heavy (non-hydrogen) atoms. The number of nitrogens with two attached hydrogens (primary N) is 1. The summed E-state index contributed by atoms with van der Waals surface area (Å²) in [6.07, 6.45) is 0. The molecule has 0 fully saturated rings. The van der Waals surface area contributed by atoms with E-state index in [9.17, 15) is 0 Å². The fourth-order valence-electron chi connectivity index (χ4n) is 2.41. The summed E-state index contributed by atoms with van der Waals surface area (Å²) < 4.78 is 2.15. The molecule has 1 atom stereocenters. The lowest BCUT2D eigenvalue weighted by Crippen LogP contribution is -2.12. The van der Waals surface area contributed by atoms with Crippen molar-refractivity contribution < 1.29 is 0 Å². The Kier molecular flexibility index (Phi) is 2.84. The molecule has 0 aliphatic carbocycles. The Balaban J connectivity index is 2.38. The highest BCUT2D eigenvalue weighted by Gasteiger charge is 2.15. The topological polar surface area (TPSA) is 43.8 Å². The highest BCUT2D eigenvalue weighted by Crippen LogP contribution is 2.26. The van der Waals surface area contributed by atoms with Gasteiger partial charge in [0.15, 0.2) is 0 Å². The number of hydrogen-bond acceptors (Lipinski definition) is 2.